The monoisotopic (exact) mass is 487 g/mol. The highest BCUT2D eigenvalue weighted by atomic mass is 19.1. The van der Waals surface area contributed by atoms with Crippen LogP contribution in [-0.4, -0.2) is 72.9 Å². The van der Waals surface area contributed by atoms with Gasteiger partial charge in [-0.25, -0.2) is 9.18 Å². The number of nitrogens with zero attached hydrogens (tertiary/aromatic N) is 3. The third kappa shape index (κ3) is 5.01. The third-order valence-corrected chi connectivity index (χ3v) is 6.12. The standard InChI is InChI=1S/C24H26FN3O7/c1-24(2)32-14-20(35-24)22(29)27-8-5-15(6-9-27)18-4-3-16(11-19(18)25)28-12-17(34-23(28)30)13-31-21-7-10-33-26-21/h3-5,7,10-11,17,20H,6,8-9,12-14H2,1-2H3/t17-,20-/m1/s1. The van der Waals surface area contributed by atoms with Gasteiger partial charge >= 0.3 is 6.09 Å². The summed E-state index contributed by atoms with van der Waals surface area (Å²) in [7, 11) is 0. The van der Waals surface area contributed by atoms with Gasteiger partial charge in [-0.1, -0.05) is 6.08 Å². The fourth-order valence-electron chi connectivity index (χ4n) is 4.33. The largest absolute Gasteiger partial charge is 0.471 e. The van der Waals surface area contributed by atoms with Crippen LogP contribution in [0.15, 0.2) is 41.1 Å². The van der Waals surface area contributed by atoms with E-state index in [9.17, 15) is 9.59 Å². The number of benzene rings is 1. The highest BCUT2D eigenvalue weighted by molar-refractivity contribution is 5.90. The molecule has 0 bridgehead atoms. The van der Waals surface area contributed by atoms with Gasteiger partial charge in [0.1, 0.15) is 18.7 Å². The molecule has 0 N–H and O–H groups in total. The Balaban J connectivity index is 1.20. The van der Waals surface area contributed by atoms with Crippen LogP contribution in [0.2, 0.25) is 0 Å². The summed E-state index contributed by atoms with van der Waals surface area (Å²) in [6.07, 6.45) is 2.02. The first-order chi connectivity index (χ1) is 16.8. The Morgan fingerprint density at radius 2 is 2.17 bits per heavy atom. The van der Waals surface area contributed by atoms with Crippen molar-refractivity contribution in [1.82, 2.24) is 10.1 Å². The summed E-state index contributed by atoms with van der Waals surface area (Å²) in [5, 5.41) is 3.64. The van der Waals surface area contributed by atoms with E-state index in [0.29, 0.717) is 36.6 Å². The molecule has 2 atom stereocenters. The lowest BCUT2D eigenvalue weighted by Crippen LogP contribution is -2.43. The van der Waals surface area contributed by atoms with Crippen LogP contribution in [0.4, 0.5) is 14.9 Å². The zero-order valence-electron chi connectivity index (χ0n) is 19.4. The maximum Gasteiger partial charge on any atom is 0.414 e. The fraction of sp³-hybridized carbons (Fsp3) is 0.458. The summed E-state index contributed by atoms with van der Waals surface area (Å²) in [5.74, 6) is -1.05. The van der Waals surface area contributed by atoms with Gasteiger partial charge in [0.2, 0.25) is 0 Å². The molecule has 5 rings (SSSR count). The molecule has 2 saturated heterocycles. The van der Waals surface area contributed by atoms with E-state index >= 15 is 4.39 Å². The molecule has 0 aliphatic carbocycles. The topological polar surface area (TPSA) is 104 Å². The van der Waals surface area contributed by atoms with Gasteiger partial charge in [-0.3, -0.25) is 9.69 Å². The molecule has 186 valence electrons. The highest BCUT2D eigenvalue weighted by Gasteiger charge is 2.39. The number of cyclic esters (lactones) is 1. The smallest absolute Gasteiger partial charge is 0.414 e. The summed E-state index contributed by atoms with van der Waals surface area (Å²) in [5.41, 5.74) is 1.65. The number of hydrogen-bond donors (Lipinski definition) is 0. The molecule has 0 spiro atoms. The fourth-order valence-corrected chi connectivity index (χ4v) is 4.33. The first-order valence-electron chi connectivity index (χ1n) is 11.4. The van der Waals surface area contributed by atoms with E-state index in [1.165, 1.54) is 17.2 Å². The van der Waals surface area contributed by atoms with Gasteiger partial charge in [-0.05, 0) is 49.2 Å². The Morgan fingerprint density at radius 1 is 1.31 bits per heavy atom. The van der Waals surface area contributed by atoms with Crippen molar-refractivity contribution >= 4 is 23.3 Å². The number of carbonyl (C=O) groups is 2. The summed E-state index contributed by atoms with van der Waals surface area (Å²) >= 11 is 0. The van der Waals surface area contributed by atoms with E-state index in [2.05, 4.69) is 5.16 Å². The maximum absolute atomic E-state index is 15.1. The van der Waals surface area contributed by atoms with Gasteiger partial charge in [0.05, 0.1) is 18.8 Å². The van der Waals surface area contributed by atoms with Gasteiger partial charge in [0.25, 0.3) is 11.8 Å². The minimum atomic E-state index is -0.770. The molecule has 2 amide bonds. The zero-order valence-corrected chi connectivity index (χ0v) is 19.4. The van der Waals surface area contributed by atoms with Crippen LogP contribution in [0.5, 0.6) is 5.88 Å². The summed E-state index contributed by atoms with van der Waals surface area (Å²) in [4.78, 5) is 28.1. The van der Waals surface area contributed by atoms with Crippen LogP contribution in [-0.2, 0) is 19.0 Å². The SMILES string of the molecule is CC1(C)OC[C@H](C(=O)N2CC=C(c3ccc(N4C[C@H](COc5ccon5)OC4=O)cc3F)CC2)O1. The molecule has 0 saturated carbocycles. The lowest BCUT2D eigenvalue weighted by molar-refractivity contribution is -0.159. The molecule has 10 nitrogen and oxygen atoms in total. The number of carbonyl (C=O) groups excluding carboxylic acids is 2. The molecular formula is C24H26FN3O7. The van der Waals surface area contributed by atoms with E-state index in [1.54, 1.807) is 36.9 Å². The predicted molar refractivity (Wildman–Crippen MR) is 120 cm³/mol. The van der Waals surface area contributed by atoms with E-state index in [0.717, 1.165) is 5.57 Å². The number of anilines is 1. The molecule has 11 heteroatoms. The van der Waals surface area contributed by atoms with Crippen LogP contribution in [0.3, 0.4) is 0 Å². The molecule has 2 aromatic rings. The summed E-state index contributed by atoms with van der Waals surface area (Å²) < 4.78 is 41.6. The van der Waals surface area contributed by atoms with Crippen molar-refractivity contribution in [1.29, 1.82) is 0 Å². The second-order valence-electron chi connectivity index (χ2n) is 9.01. The first-order valence-corrected chi connectivity index (χ1v) is 11.4. The van der Waals surface area contributed by atoms with Crippen molar-refractivity contribution in [3.63, 3.8) is 0 Å². The van der Waals surface area contributed by atoms with E-state index in [1.807, 2.05) is 6.08 Å². The lowest BCUT2D eigenvalue weighted by Gasteiger charge is -2.29. The van der Waals surface area contributed by atoms with Crippen molar-refractivity contribution in [3.8, 4) is 5.88 Å². The predicted octanol–water partition coefficient (Wildman–Crippen LogP) is 2.99. The van der Waals surface area contributed by atoms with Crippen LogP contribution >= 0.6 is 0 Å². The Bertz CT molecular complexity index is 1130. The average molecular weight is 487 g/mol. The van der Waals surface area contributed by atoms with Gasteiger partial charge in [0, 0.05) is 24.7 Å². The number of hydrogen-bond acceptors (Lipinski definition) is 8. The number of ether oxygens (including phenoxy) is 4. The van der Waals surface area contributed by atoms with Crippen LogP contribution in [0.1, 0.15) is 25.8 Å². The molecular weight excluding hydrogens is 461 g/mol. The van der Waals surface area contributed by atoms with Crippen LogP contribution in [0, 0.1) is 5.82 Å². The van der Waals surface area contributed by atoms with Crippen molar-refractivity contribution in [3.05, 3.63) is 48.0 Å². The molecule has 2 fully saturated rings. The lowest BCUT2D eigenvalue weighted by atomic mass is 9.98. The Morgan fingerprint density at radius 3 is 2.83 bits per heavy atom. The second kappa shape index (κ2) is 9.31. The normalized spacial score (nSPS) is 23.9. The van der Waals surface area contributed by atoms with E-state index in [-0.39, 0.29) is 25.7 Å². The number of amides is 2. The van der Waals surface area contributed by atoms with Gasteiger partial charge < -0.3 is 28.4 Å². The molecule has 0 radical (unpaired) electrons. The Labute approximate surface area is 201 Å². The molecule has 4 heterocycles. The molecule has 1 aromatic heterocycles. The minimum Gasteiger partial charge on any atom is -0.471 e. The van der Waals surface area contributed by atoms with Gasteiger partial charge in [-0.2, -0.15) is 0 Å². The van der Waals surface area contributed by atoms with Crippen molar-refractivity contribution in [2.45, 2.75) is 38.3 Å². The van der Waals surface area contributed by atoms with E-state index < -0.39 is 29.9 Å². The van der Waals surface area contributed by atoms with Crippen molar-refractivity contribution in [2.24, 2.45) is 0 Å². The second-order valence-corrected chi connectivity index (χ2v) is 9.01. The minimum absolute atomic E-state index is 0.104. The number of aromatic nitrogens is 1. The Hall–Kier alpha value is -3.44. The van der Waals surface area contributed by atoms with Gasteiger partial charge in [-0.15, -0.1) is 0 Å². The molecule has 3 aliphatic rings. The molecule has 3 aliphatic heterocycles. The average Bonchev–Trinajstić information content (AvgIpc) is 3.57. The summed E-state index contributed by atoms with van der Waals surface area (Å²) in [6, 6.07) is 6.21. The third-order valence-electron chi connectivity index (χ3n) is 6.12. The summed E-state index contributed by atoms with van der Waals surface area (Å²) in [6.45, 7) is 4.91. The Kier molecular flexibility index (Phi) is 6.20. The van der Waals surface area contributed by atoms with Crippen molar-refractivity contribution in [2.75, 3.05) is 37.7 Å². The quantitative estimate of drug-likeness (QED) is 0.613. The number of halogens is 1. The van der Waals surface area contributed by atoms with E-state index in [4.69, 9.17) is 23.5 Å². The zero-order chi connectivity index (χ0) is 24.6. The maximum atomic E-state index is 15.1. The van der Waals surface area contributed by atoms with Crippen LogP contribution in [0.25, 0.3) is 5.57 Å². The molecule has 0 unspecified atom stereocenters. The number of rotatable bonds is 6. The van der Waals surface area contributed by atoms with Crippen LogP contribution < -0.4 is 9.64 Å². The van der Waals surface area contributed by atoms with Gasteiger partial charge in [0.15, 0.2) is 18.0 Å². The molecule has 35 heavy (non-hydrogen) atoms. The van der Waals surface area contributed by atoms with Crippen molar-refractivity contribution < 1.29 is 37.5 Å². The highest BCUT2D eigenvalue weighted by Crippen LogP contribution is 2.31. The molecule has 1 aromatic carbocycles. The first kappa shape index (κ1) is 23.3.